The van der Waals surface area contributed by atoms with Gasteiger partial charge in [-0.05, 0) is 60.8 Å². The van der Waals surface area contributed by atoms with E-state index in [4.69, 9.17) is 19.0 Å². The van der Waals surface area contributed by atoms with Crippen LogP contribution < -0.4 is 14.2 Å². The molecule has 0 radical (unpaired) electrons. The monoisotopic (exact) mass is 357 g/mol. The fourth-order valence-corrected chi connectivity index (χ4v) is 3.40. The first-order chi connectivity index (χ1) is 12.7. The Balaban J connectivity index is 0.00000117. The SMILES string of the molecule is C=O.COc1ccc(CC2c3cc(OC)c(OC)cc3CCN2C)cc1. The molecule has 26 heavy (non-hydrogen) atoms. The first-order valence-corrected chi connectivity index (χ1v) is 8.53. The number of hydrogen-bond acceptors (Lipinski definition) is 5. The molecule has 1 aliphatic rings. The van der Waals surface area contributed by atoms with E-state index in [9.17, 15) is 0 Å². The smallest absolute Gasteiger partial charge is 0.161 e. The predicted octanol–water partition coefficient (Wildman–Crippen LogP) is 3.30. The number of methoxy groups -OCH3 is 3. The zero-order valence-electron chi connectivity index (χ0n) is 16.0. The lowest BCUT2D eigenvalue weighted by Gasteiger charge is -2.35. The Hall–Kier alpha value is -2.53. The van der Waals surface area contributed by atoms with Gasteiger partial charge in [-0.25, -0.2) is 0 Å². The molecular weight excluding hydrogens is 330 g/mol. The quantitative estimate of drug-likeness (QED) is 0.822. The van der Waals surface area contributed by atoms with Crippen molar-refractivity contribution in [3.8, 4) is 17.2 Å². The highest BCUT2D eigenvalue weighted by Gasteiger charge is 2.27. The lowest BCUT2D eigenvalue weighted by Crippen LogP contribution is -2.33. The van der Waals surface area contributed by atoms with Crippen LogP contribution in [0.15, 0.2) is 36.4 Å². The van der Waals surface area contributed by atoms with E-state index in [1.165, 1.54) is 16.7 Å². The van der Waals surface area contributed by atoms with Crippen LogP contribution in [0.3, 0.4) is 0 Å². The van der Waals surface area contributed by atoms with E-state index in [2.05, 4.69) is 36.2 Å². The maximum Gasteiger partial charge on any atom is 0.161 e. The molecular formula is C21H27NO4. The van der Waals surface area contributed by atoms with Gasteiger partial charge < -0.3 is 19.0 Å². The molecule has 1 unspecified atom stereocenters. The Kier molecular flexibility index (Phi) is 7.04. The van der Waals surface area contributed by atoms with Crippen LogP contribution in [0.1, 0.15) is 22.7 Å². The molecule has 0 aromatic heterocycles. The Bertz CT molecular complexity index is 715. The van der Waals surface area contributed by atoms with Gasteiger partial charge in [-0.1, -0.05) is 12.1 Å². The minimum absolute atomic E-state index is 0.335. The summed E-state index contributed by atoms with van der Waals surface area (Å²) in [6.07, 6.45) is 1.99. The summed E-state index contributed by atoms with van der Waals surface area (Å²) in [6, 6.07) is 12.9. The normalized spacial score (nSPS) is 16.1. The van der Waals surface area contributed by atoms with Crippen LogP contribution in [0.25, 0.3) is 0 Å². The topological polar surface area (TPSA) is 48.0 Å². The number of nitrogens with zero attached hydrogens (tertiary/aromatic N) is 1. The fourth-order valence-electron chi connectivity index (χ4n) is 3.40. The second kappa shape index (κ2) is 9.25. The van der Waals surface area contributed by atoms with Gasteiger partial charge in [-0.3, -0.25) is 4.90 Å². The van der Waals surface area contributed by atoms with Gasteiger partial charge in [0.2, 0.25) is 0 Å². The summed E-state index contributed by atoms with van der Waals surface area (Å²) in [6.45, 7) is 3.04. The van der Waals surface area contributed by atoms with Crippen molar-refractivity contribution >= 4 is 6.79 Å². The molecule has 1 heterocycles. The lowest BCUT2D eigenvalue weighted by atomic mass is 9.88. The molecule has 5 nitrogen and oxygen atoms in total. The van der Waals surface area contributed by atoms with Gasteiger partial charge in [-0.2, -0.15) is 0 Å². The molecule has 1 atom stereocenters. The first-order valence-electron chi connectivity index (χ1n) is 8.53. The minimum Gasteiger partial charge on any atom is -0.497 e. The lowest BCUT2D eigenvalue weighted by molar-refractivity contribution is -0.0979. The van der Waals surface area contributed by atoms with Crippen LogP contribution in [0.2, 0.25) is 0 Å². The van der Waals surface area contributed by atoms with Crippen LogP contribution in [-0.2, 0) is 17.6 Å². The summed E-state index contributed by atoms with van der Waals surface area (Å²) in [5.74, 6) is 2.50. The summed E-state index contributed by atoms with van der Waals surface area (Å²) in [4.78, 5) is 10.4. The summed E-state index contributed by atoms with van der Waals surface area (Å²) >= 11 is 0. The minimum atomic E-state index is 0.335. The molecule has 0 N–H and O–H groups in total. The molecule has 0 spiro atoms. The van der Waals surface area contributed by atoms with Gasteiger partial charge in [-0.15, -0.1) is 0 Å². The van der Waals surface area contributed by atoms with E-state index in [-0.39, 0.29) is 0 Å². The maximum atomic E-state index is 8.00. The molecule has 1 aliphatic heterocycles. The second-order valence-electron chi connectivity index (χ2n) is 6.20. The van der Waals surface area contributed by atoms with Crippen molar-refractivity contribution in [3.63, 3.8) is 0 Å². The van der Waals surface area contributed by atoms with Crippen molar-refractivity contribution in [3.05, 3.63) is 53.1 Å². The van der Waals surface area contributed by atoms with Gasteiger partial charge in [0.1, 0.15) is 12.5 Å². The summed E-state index contributed by atoms with van der Waals surface area (Å²) in [5, 5.41) is 0. The van der Waals surface area contributed by atoms with Crippen LogP contribution in [0, 0.1) is 0 Å². The number of benzene rings is 2. The number of carbonyl (C=O) groups excluding carboxylic acids is 1. The predicted molar refractivity (Wildman–Crippen MR) is 102 cm³/mol. The van der Waals surface area contributed by atoms with Crippen LogP contribution in [-0.4, -0.2) is 46.6 Å². The van der Waals surface area contributed by atoms with Gasteiger partial charge in [0.15, 0.2) is 11.5 Å². The Labute approximate surface area is 155 Å². The number of hydrogen-bond donors (Lipinski definition) is 0. The molecule has 0 aliphatic carbocycles. The van der Waals surface area contributed by atoms with Crippen molar-refractivity contribution in [2.24, 2.45) is 0 Å². The van der Waals surface area contributed by atoms with Crippen molar-refractivity contribution in [1.29, 1.82) is 0 Å². The third kappa shape index (κ3) is 4.17. The number of fused-ring (bicyclic) bond motifs is 1. The zero-order chi connectivity index (χ0) is 19.1. The molecule has 0 bridgehead atoms. The fraction of sp³-hybridized carbons (Fsp3) is 0.381. The molecule has 2 aromatic carbocycles. The average molecular weight is 357 g/mol. The third-order valence-corrected chi connectivity index (χ3v) is 4.86. The summed E-state index contributed by atoms with van der Waals surface area (Å²) < 4.78 is 16.2. The Morgan fingerprint density at radius 3 is 2.19 bits per heavy atom. The summed E-state index contributed by atoms with van der Waals surface area (Å²) in [7, 11) is 7.26. The maximum absolute atomic E-state index is 8.00. The Morgan fingerprint density at radius 2 is 1.62 bits per heavy atom. The molecule has 0 saturated carbocycles. The standard InChI is InChI=1S/C20H25NO3.CH2O/c1-21-10-9-15-12-19(23-3)20(24-4)13-17(15)18(21)11-14-5-7-16(22-2)8-6-14;1-2/h5-8,12-13,18H,9-11H2,1-4H3;1H2. The third-order valence-electron chi connectivity index (χ3n) is 4.86. The molecule has 5 heteroatoms. The molecule has 3 rings (SSSR count). The van der Waals surface area contributed by atoms with E-state index in [1.807, 2.05) is 18.9 Å². The van der Waals surface area contributed by atoms with Crippen molar-refractivity contribution in [2.75, 3.05) is 34.9 Å². The van der Waals surface area contributed by atoms with E-state index >= 15 is 0 Å². The largest absolute Gasteiger partial charge is 0.497 e. The van der Waals surface area contributed by atoms with Gasteiger partial charge in [0.25, 0.3) is 0 Å². The highest BCUT2D eigenvalue weighted by molar-refractivity contribution is 5.49. The molecule has 2 aromatic rings. The van der Waals surface area contributed by atoms with Crippen molar-refractivity contribution < 1.29 is 19.0 Å². The zero-order valence-corrected chi connectivity index (χ0v) is 16.0. The van der Waals surface area contributed by atoms with Crippen LogP contribution >= 0.6 is 0 Å². The number of likely N-dealkylation sites (N-methyl/N-ethyl adjacent to an activating group) is 1. The molecule has 0 fully saturated rings. The van der Waals surface area contributed by atoms with Crippen molar-refractivity contribution in [2.45, 2.75) is 18.9 Å². The average Bonchev–Trinajstić information content (AvgIpc) is 2.71. The highest BCUT2D eigenvalue weighted by atomic mass is 16.5. The van der Waals surface area contributed by atoms with Crippen molar-refractivity contribution in [1.82, 2.24) is 4.90 Å². The first kappa shape index (κ1) is 19.8. The van der Waals surface area contributed by atoms with Crippen LogP contribution in [0.4, 0.5) is 0 Å². The van der Waals surface area contributed by atoms with Gasteiger partial charge in [0.05, 0.1) is 21.3 Å². The second-order valence-corrected chi connectivity index (χ2v) is 6.20. The van der Waals surface area contributed by atoms with E-state index in [0.717, 1.165) is 36.6 Å². The van der Waals surface area contributed by atoms with Gasteiger partial charge in [0, 0.05) is 12.6 Å². The Morgan fingerprint density at radius 1 is 1.00 bits per heavy atom. The number of carbonyl (C=O) groups is 1. The van der Waals surface area contributed by atoms with E-state index in [0.29, 0.717) is 6.04 Å². The number of ether oxygens (including phenoxy) is 3. The molecule has 0 amide bonds. The molecule has 140 valence electrons. The van der Waals surface area contributed by atoms with Crippen LogP contribution in [0.5, 0.6) is 17.2 Å². The highest BCUT2D eigenvalue weighted by Crippen LogP contribution is 2.38. The van der Waals surface area contributed by atoms with E-state index < -0.39 is 0 Å². The van der Waals surface area contributed by atoms with Gasteiger partial charge >= 0.3 is 0 Å². The van der Waals surface area contributed by atoms with E-state index in [1.54, 1.807) is 21.3 Å². The molecule has 0 saturated heterocycles. The number of rotatable bonds is 5. The summed E-state index contributed by atoms with van der Waals surface area (Å²) in [5.41, 5.74) is 3.98.